The average molecular weight is 195 g/mol. The molecule has 2 heterocycles. The first-order chi connectivity index (χ1) is 6.56. The molecule has 0 aromatic rings. The molecule has 14 heavy (non-hydrogen) atoms. The Bertz CT molecular complexity index is 239. The lowest BCUT2D eigenvalue weighted by atomic mass is 9.97. The normalized spacial score (nSPS) is 26.4. The molecule has 3 nitrogen and oxygen atoms in total. The van der Waals surface area contributed by atoms with Crippen LogP contribution in [0.25, 0.3) is 0 Å². The van der Waals surface area contributed by atoms with Crippen molar-refractivity contribution in [2.75, 3.05) is 19.6 Å². The van der Waals surface area contributed by atoms with Crippen LogP contribution in [0.15, 0.2) is 4.99 Å². The molecule has 3 heteroatoms. The second kappa shape index (κ2) is 3.44. The molecule has 0 saturated carbocycles. The number of guanidine groups is 1. The van der Waals surface area contributed by atoms with E-state index in [0.29, 0.717) is 11.5 Å². The van der Waals surface area contributed by atoms with Gasteiger partial charge in [0, 0.05) is 13.1 Å². The zero-order valence-corrected chi connectivity index (χ0v) is 9.51. The van der Waals surface area contributed by atoms with E-state index in [4.69, 9.17) is 0 Å². The van der Waals surface area contributed by atoms with Crippen molar-refractivity contribution < 1.29 is 0 Å². The lowest BCUT2D eigenvalue weighted by molar-refractivity contribution is 0.379. The molecular formula is C11H21N3. The van der Waals surface area contributed by atoms with E-state index in [9.17, 15) is 0 Å². The molecule has 0 amide bonds. The SMILES string of the molecule is CC(C)(C)CNC1=NC[C@H]2CCCN12. The number of nitrogens with one attached hydrogen (secondary N) is 1. The van der Waals surface area contributed by atoms with Crippen molar-refractivity contribution in [1.82, 2.24) is 10.2 Å². The third kappa shape index (κ3) is 2.02. The smallest absolute Gasteiger partial charge is 0.194 e. The van der Waals surface area contributed by atoms with E-state index in [-0.39, 0.29) is 0 Å². The maximum absolute atomic E-state index is 4.55. The molecule has 0 bridgehead atoms. The van der Waals surface area contributed by atoms with Gasteiger partial charge in [-0.3, -0.25) is 4.99 Å². The van der Waals surface area contributed by atoms with Gasteiger partial charge in [0.25, 0.3) is 0 Å². The first-order valence-electron chi connectivity index (χ1n) is 5.61. The van der Waals surface area contributed by atoms with Crippen molar-refractivity contribution in [3.63, 3.8) is 0 Å². The summed E-state index contributed by atoms with van der Waals surface area (Å²) in [6.45, 7) is 9.95. The summed E-state index contributed by atoms with van der Waals surface area (Å²) in [4.78, 5) is 6.99. The highest BCUT2D eigenvalue weighted by Gasteiger charge is 2.31. The minimum Gasteiger partial charge on any atom is -0.356 e. The molecule has 0 radical (unpaired) electrons. The highest BCUT2D eigenvalue weighted by molar-refractivity contribution is 5.82. The van der Waals surface area contributed by atoms with Gasteiger partial charge in [0.2, 0.25) is 0 Å². The van der Waals surface area contributed by atoms with Crippen molar-refractivity contribution in [3.05, 3.63) is 0 Å². The van der Waals surface area contributed by atoms with Gasteiger partial charge in [-0.2, -0.15) is 0 Å². The van der Waals surface area contributed by atoms with Crippen LogP contribution in [0.3, 0.4) is 0 Å². The van der Waals surface area contributed by atoms with Crippen molar-refractivity contribution >= 4 is 5.96 Å². The molecule has 2 rings (SSSR count). The maximum atomic E-state index is 4.55. The molecule has 0 aromatic heterocycles. The molecule has 80 valence electrons. The second-order valence-corrected chi connectivity index (χ2v) is 5.57. The van der Waals surface area contributed by atoms with Crippen LogP contribution in [0.4, 0.5) is 0 Å². The van der Waals surface area contributed by atoms with Crippen LogP contribution in [0.2, 0.25) is 0 Å². The number of hydrogen-bond acceptors (Lipinski definition) is 3. The van der Waals surface area contributed by atoms with E-state index in [1.54, 1.807) is 0 Å². The third-order valence-electron chi connectivity index (χ3n) is 2.88. The van der Waals surface area contributed by atoms with Gasteiger partial charge < -0.3 is 10.2 Å². The quantitative estimate of drug-likeness (QED) is 0.686. The summed E-state index contributed by atoms with van der Waals surface area (Å²) in [5, 5.41) is 3.47. The summed E-state index contributed by atoms with van der Waals surface area (Å²) in [5.41, 5.74) is 0.334. The first kappa shape index (κ1) is 9.81. The summed E-state index contributed by atoms with van der Waals surface area (Å²) < 4.78 is 0. The predicted octanol–water partition coefficient (Wildman–Crippen LogP) is 1.46. The summed E-state index contributed by atoms with van der Waals surface area (Å²) in [7, 11) is 0. The summed E-state index contributed by atoms with van der Waals surface area (Å²) in [5.74, 6) is 1.14. The Morgan fingerprint density at radius 2 is 2.29 bits per heavy atom. The lowest BCUT2D eigenvalue weighted by Crippen LogP contribution is -2.42. The Labute approximate surface area is 86.6 Å². The number of fused-ring (bicyclic) bond motifs is 1. The fraction of sp³-hybridized carbons (Fsp3) is 0.909. The number of nitrogens with zero attached hydrogens (tertiary/aromatic N) is 2. The molecular weight excluding hydrogens is 174 g/mol. The van der Waals surface area contributed by atoms with Gasteiger partial charge in [0.1, 0.15) is 0 Å². The van der Waals surface area contributed by atoms with Crippen molar-refractivity contribution in [1.29, 1.82) is 0 Å². The molecule has 0 aliphatic carbocycles. The van der Waals surface area contributed by atoms with Crippen LogP contribution in [0.1, 0.15) is 33.6 Å². The topological polar surface area (TPSA) is 27.6 Å². The Balaban J connectivity index is 1.87. The minimum atomic E-state index is 0.334. The molecule has 1 N–H and O–H groups in total. The van der Waals surface area contributed by atoms with Crippen molar-refractivity contribution in [2.45, 2.75) is 39.7 Å². The van der Waals surface area contributed by atoms with E-state index in [2.05, 4.69) is 36.0 Å². The third-order valence-corrected chi connectivity index (χ3v) is 2.88. The van der Waals surface area contributed by atoms with Gasteiger partial charge in [0.15, 0.2) is 5.96 Å². The van der Waals surface area contributed by atoms with Gasteiger partial charge in [-0.15, -0.1) is 0 Å². The largest absolute Gasteiger partial charge is 0.356 e. The van der Waals surface area contributed by atoms with Crippen LogP contribution in [-0.2, 0) is 0 Å². The molecule has 1 atom stereocenters. The highest BCUT2D eigenvalue weighted by atomic mass is 15.4. The van der Waals surface area contributed by atoms with Crippen LogP contribution in [-0.4, -0.2) is 36.5 Å². The van der Waals surface area contributed by atoms with Crippen LogP contribution in [0.5, 0.6) is 0 Å². The van der Waals surface area contributed by atoms with Crippen LogP contribution >= 0.6 is 0 Å². The monoisotopic (exact) mass is 195 g/mol. The maximum Gasteiger partial charge on any atom is 0.194 e. The van der Waals surface area contributed by atoms with E-state index >= 15 is 0 Å². The summed E-state index contributed by atoms with van der Waals surface area (Å²) in [6.07, 6.45) is 2.66. The highest BCUT2D eigenvalue weighted by Crippen LogP contribution is 2.22. The zero-order valence-electron chi connectivity index (χ0n) is 9.51. The van der Waals surface area contributed by atoms with Gasteiger partial charge in [-0.05, 0) is 18.3 Å². The Hall–Kier alpha value is -0.730. The molecule has 1 fully saturated rings. The second-order valence-electron chi connectivity index (χ2n) is 5.57. The molecule has 2 aliphatic rings. The van der Waals surface area contributed by atoms with Gasteiger partial charge >= 0.3 is 0 Å². The Morgan fingerprint density at radius 3 is 3.00 bits per heavy atom. The van der Waals surface area contributed by atoms with Gasteiger partial charge in [-0.25, -0.2) is 0 Å². The molecule has 2 aliphatic heterocycles. The van der Waals surface area contributed by atoms with Crippen molar-refractivity contribution in [2.24, 2.45) is 10.4 Å². The standard InChI is InChI=1S/C11H21N3/c1-11(2,3)8-13-10-12-7-9-5-4-6-14(9)10/h9H,4-8H2,1-3H3,(H,12,13)/t9-/m1/s1. The van der Waals surface area contributed by atoms with E-state index in [1.807, 2.05) is 0 Å². The summed E-state index contributed by atoms with van der Waals surface area (Å²) in [6, 6.07) is 0.706. The molecule has 1 saturated heterocycles. The molecule has 0 spiro atoms. The van der Waals surface area contributed by atoms with Gasteiger partial charge in [0.05, 0.1) is 12.6 Å². The lowest BCUT2D eigenvalue weighted by Gasteiger charge is -2.24. The first-order valence-corrected chi connectivity index (χ1v) is 5.61. The fourth-order valence-corrected chi connectivity index (χ4v) is 2.09. The Kier molecular flexibility index (Phi) is 2.41. The molecule has 0 unspecified atom stereocenters. The van der Waals surface area contributed by atoms with Crippen molar-refractivity contribution in [3.8, 4) is 0 Å². The van der Waals surface area contributed by atoms with Crippen LogP contribution in [0, 0.1) is 5.41 Å². The predicted molar refractivity (Wildman–Crippen MR) is 59.5 cm³/mol. The van der Waals surface area contributed by atoms with Gasteiger partial charge in [-0.1, -0.05) is 20.8 Å². The molecule has 0 aromatic carbocycles. The zero-order chi connectivity index (χ0) is 10.2. The van der Waals surface area contributed by atoms with Crippen LogP contribution < -0.4 is 5.32 Å². The van der Waals surface area contributed by atoms with E-state index in [0.717, 1.165) is 19.0 Å². The number of aliphatic imine (C=N–C) groups is 1. The van der Waals surface area contributed by atoms with E-state index in [1.165, 1.54) is 19.4 Å². The Morgan fingerprint density at radius 1 is 1.50 bits per heavy atom. The number of hydrogen-bond donors (Lipinski definition) is 1. The minimum absolute atomic E-state index is 0.334. The van der Waals surface area contributed by atoms with E-state index < -0.39 is 0 Å². The fourth-order valence-electron chi connectivity index (χ4n) is 2.09. The summed E-state index contributed by atoms with van der Waals surface area (Å²) >= 11 is 0. The number of rotatable bonds is 1. The average Bonchev–Trinajstić information content (AvgIpc) is 2.59.